The molecule has 1 unspecified atom stereocenters. The van der Waals surface area contributed by atoms with Gasteiger partial charge in [-0.25, -0.2) is 9.97 Å². The van der Waals surface area contributed by atoms with E-state index in [9.17, 15) is 0 Å². The second-order valence-corrected chi connectivity index (χ2v) is 5.32. The van der Waals surface area contributed by atoms with Crippen LogP contribution in [-0.4, -0.2) is 16.5 Å². The minimum atomic E-state index is -0.0412. The number of nitrogens with zero attached hydrogens (tertiary/aromatic N) is 2. The topological polar surface area (TPSA) is 51.0 Å². The molecule has 0 radical (unpaired) electrons. The molecule has 3 aromatic rings. The van der Waals surface area contributed by atoms with Gasteiger partial charge in [-0.1, -0.05) is 19.1 Å². The maximum atomic E-state index is 6.00. The molecule has 102 valence electrons. The van der Waals surface area contributed by atoms with E-state index in [0.717, 1.165) is 33.3 Å². The SMILES string of the molecule is CCNC(c1cncnc1)c1cc2cccc(Br)c2o1. The van der Waals surface area contributed by atoms with E-state index in [1.165, 1.54) is 6.33 Å². The van der Waals surface area contributed by atoms with Gasteiger partial charge in [-0.05, 0) is 34.6 Å². The summed E-state index contributed by atoms with van der Waals surface area (Å²) >= 11 is 3.52. The molecule has 0 fully saturated rings. The molecule has 0 spiro atoms. The number of hydrogen-bond acceptors (Lipinski definition) is 4. The molecule has 1 N–H and O–H groups in total. The molecule has 1 atom stereocenters. The van der Waals surface area contributed by atoms with Crippen molar-refractivity contribution in [2.45, 2.75) is 13.0 Å². The lowest BCUT2D eigenvalue weighted by Crippen LogP contribution is -2.21. The van der Waals surface area contributed by atoms with Gasteiger partial charge in [0.1, 0.15) is 17.7 Å². The third-order valence-corrected chi connectivity index (χ3v) is 3.75. The number of fused-ring (bicyclic) bond motifs is 1. The van der Waals surface area contributed by atoms with Gasteiger partial charge in [0.2, 0.25) is 0 Å². The first-order valence-electron chi connectivity index (χ1n) is 6.46. The molecule has 0 saturated carbocycles. The minimum Gasteiger partial charge on any atom is -0.458 e. The monoisotopic (exact) mass is 331 g/mol. The number of halogens is 1. The molecule has 1 aromatic carbocycles. The van der Waals surface area contributed by atoms with Crippen LogP contribution in [0.4, 0.5) is 0 Å². The van der Waals surface area contributed by atoms with Crippen molar-refractivity contribution in [3.8, 4) is 0 Å². The average Bonchev–Trinajstić information content (AvgIpc) is 2.91. The van der Waals surface area contributed by atoms with Crippen molar-refractivity contribution in [2.75, 3.05) is 6.54 Å². The molecule has 2 heterocycles. The molecule has 4 nitrogen and oxygen atoms in total. The van der Waals surface area contributed by atoms with Crippen LogP contribution in [0.25, 0.3) is 11.0 Å². The fourth-order valence-electron chi connectivity index (χ4n) is 2.24. The van der Waals surface area contributed by atoms with Crippen molar-refractivity contribution in [3.63, 3.8) is 0 Å². The van der Waals surface area contributed by atoms with Gasteiger partial charge in [-0.2, -0.15) is 0 Å². The number of para-hydroxylation sites is 1. The lowest BCUT2D eigenvalue weighted by molar-refractivity contribution is 0.475. The summed E-state index contributed by atoms with van der Waals surface area (Å²) < 4.78 is 6.96. The Labute approximate surface area is 125 Å². The van der Waals surface area contributed by atoms with E-state index < -0.39 is 0 Å². The third kappa shape index (κ3) is 2.46. The van der Waals surface area contributed by atoms with Crippen molar-refractivity contribution in [3.05, 3.63) is 58.8 Å². The second kappa shape index (κ2) is 5.73. The smallest absolute Gasteiger partial charge is 0.148 e. The number of rotatable bonds is 4. The molecular formula is C15H14BrN3O. The molecule has 0 aliphatic heterocycles. The summed E-state index contributed by atoms with van der Waals surface area (Å²) in [6.45, 7) is 2.90. The quantitative estimate of drug-likeness (QED) is 0.792. The second-order valence-electron chi connectivity index (χ2n) is 4.47. The van der Waals surface area contributed by atoms with E-state index in [2.05, 4.69) is 44.2 Å². The molecule has 0 amide bonds. The Morgan fingerprint density at radius 1 is 1.30 bits per heavy atom. The highest BCUT2D eigenvalue weighted by atomic mass is 79.9. The van der Waals surface area contributed by atoms with E-state index in [-0.39, 0.29) is 6.04 Å². The van der Waals surface area contributed by atoms with Gasteiger partial charge in [-0.15, -0.1) is 0 Å². The van der Waals surface area contributed by atoms with Gasteiger partial charge in [-0.3, -0.25) is 0 Å². The summed E-state index contributed by atoms with van der Waals surface area (Å²) in [6.07, 6.45) is 5.15. The van der Waals surface area contributed by atoms with Crippen LogP contribution >= 0.6 is 15.9 Å². The molecule has 0 bridgehead atoms. The lowest BCUT2D eigenvalue weighted by atomic mass is 10.1. The van der Waals surface area contributed by atoms with E-state index >= 15 is 0 Å². The van der Waals surface area contributed by atoms with Crippen molar-refractivity contribution in [1.82, 2.24) is 15.3 Å². The van der Waals surface area contributed by atoms with E-state index in [4.69, 9.17) is 4.42 Å². The van der Waals surface area contributed by atoms with Gasteiger partial charge in [0.25, 0.3) is 0 Å². The van der Waals surface area contributed by atoms with Gasteiger partial charge in [0, 0.05) is 23.3 Å². The molecule has 20 heavy (non-hydrogen) atoms. The Morgan fingerprint density at radius 3 is 2.80 bits per heavy atom. The first-order valence-corrected chi connectivity index (χ1v) is 7.25. The van der Waals surface area contributed by atoms with Crippen LogP contribution in [0.3, 0.4) is 0 Å². The standard InChI is InChI=1S/C15H14BrN3O/c1-2-19-14(11-7-17-9-18-8-11)13-6-10-4-3-5-12(16)15(10)20-13/h3-9,14,19H,2H2,1H3. The fraction of sp³-hybridized carbons (Fsp3) is 0.200. The number of furan rings is 1. The zero-order chi connectivity index (χ0) is 13.9. The third-order valence-electron chi connectivity index (χ3n) is 3.12. The highest BCUT2D eigenvalue weighted by Crippen LogP contribution is 2.31. The van der Waals surface area contributed by atoms with Crippen LogP contribution in [0.2, 0.25) is 0 Å². The van der Waals surface area contributed by atoms with Gasteiger partial charge >= 0.3 is 0 Å². The molecular weight excluding hydrogens is 318 g/mol. The highest BCUT2D eigenvalue weighted by molar-refractivity contribution is 9.10. The largest absolute Gasteiger partial charge is 0.458 e. The summed E-state index contributed by atoms with van der Waals surface area (Å²) in [7, 11) is 0. The predicted molar refractivity (Wildman–Crippen MR) is 81.5 cm³/mol. The van der Waals surface area contributed by atoms with E-state index in [1.807, 2.05) is 30.6 Å². The Morgan fingerprint density at radius 2 is 2.10 bits per heavy atom. The van der Waals surface area contributed by atoms with E-state index in [1.54, 1.807) is 0 Å². The van der Waals surface area contributed by atoms with Crippen molar-refractivity contribution < 1.29 is 4.42 Å². The zero-order valence-electron chi connectivity index (χ0n) is 11.0. The van der Waals surface area contributed by atoms with Gasteiger partial charge < -0.3 is 9.73 Å². The molecule has 3 rings (SSSR count). The first kappa shape index (κ1) is 13.3. The average molecular weight is 332 g/mol. The molecule has 0 aliphatic carbocycles. The highest BCUT2D eigenvalue weighted by Gasteiger charge is 2.18. The van der Waals surface area contributed by atoms with Crippen LogP contribution < -0.4 is 5.32 Å². The van der Waals surface area contributed by atoms with Crippen LogP contribution in [0.15, 0.2) is 51.9 Å². The summed E-state index contributed by atoms with van der Waals surface area (Å²) in [5.74, 6) is 0.864. The molecule has 5 heteroatoms. The van der Waals surface area contributed by atoms with Gasteiger partial charge in [0.05, 0.1) is 10.5 Å². The predicted octanol–water partition coefficient (Wildman–Crippen LogP) is 3.68. The number of hydrogen-bond donors (Lipinski definition) is 1. The Kier molecular flexibility index (Phi) is 3.80. The first-order chi connectivity index (χ1) is 9.79. The summed E-state index contributed by atoms with van der Waals surface area (Å²) in [5, 5.41) is 4.48. The van der Waals surface area contributed by atoms with Crippen molar-refractivity contribution in [2.24, 2.45) is 0 Å². The fourth-order valence-corrected chi connectivity index (χ4v) is 2.70. The molecule has 0 saturated heterocycles. The van der Waals surface area contributed by atoms with Crippen LogP contribution in [0.1, 0.15) is 24.3 Å². The maximum Gasteiger partial charge on any atom is 0.148 e. The van der Waals surface area contributed by atoms with Crippen molar-refractivity contribution in [1.29, 1.82) is 0 Å². The van der Waals surface area contributed by atoms with Crippen molar-refractivity contribution >= 4 is 26.9 Å². The summed E-state index contributed by atoms with van der Waals surface area (Å²) in [5.41, 5.74) is 1.85. The number of aromatic nitrogens is 2. The van der Waals surface area contributed by atoms with Gasteiger partial charge in [0.15, 0.2) is 0 Å². The van der Waals surface area contributed by atoms with Crippen LogP contribution in [0, 0.1) is 0 Å². The zero-order valence-corrected chi connectivity index (χ0v) is 12.6. The summed E-state index contributed by atoms with van der Waals surface area (Å²) in [6, 6.07) is 8.03. The number of benzene rings is 1. The Bertz CT molecular complexity index is 711. The molecule has 2 aromatic heterocycles. The van der Waals surface area contributed by atoms with Crippen LogP contribution in [0.5, 0.6) is 0 Å². The summed E-state index contributed by atoms with van der Waals surface area (Å²) in [4.78, 5) is 8.17. The normalized spacial score (nSPS) is 12.7. The number of nitrogens with one attached hydrogen (secondary N) is 1. The Balaban J connectivity index is 2.08. The lowest BCUT2D eigenvalue weighted by Gasteiger charge is -2.14. The maximum absolute atomic E-state index is 6.00. The minimum absolute atomic E-state index is 0.0412. The van der Waals surface area contributed by atoms with E-state index in [0.29, 0.717) is 0 Å². The molecule has 0 aliphatic rings. The Hall–Kier alpha value is -1.72. The van der Waals surface area contributed by atoms with Crippen LogP contribution in [-0.2, 0) is 0 Å².